The van der Waals surface area contributed by atoms with Crippen LogP contribution in [-0.4, -0.2) is 46.7 Å². The van der Waals surface area contributed by atoms with Crippen LogP contribution in [0.2, 0.25) is 19.6 Å². The Morgan fingerprint density at radius 2 is 2.10 bits per heavy atom. The molecule has 1 fully saturated rings. The summed E-state index contributed by atoms with van der Waals surface area (Å²) in [5.74, 6) is 0. The van der Waals surface area contributed by atoms with Gasteiger partial charge in [-0.15, -0.1) is 0 Å². The van der Waals surface area contributed by atoms with Gasteiger partial charge in [-0.1, -0.05) is 19.6 Å². The SMILES string of the molecule is C[Si](C)(C)c1cn([C@@H]2C[C@@H](O)[C@@H](CO)O2)c(=O)[nH]c1=O. The molecule has 0 spiro atoms. The highest BCUT2D eigenvalue weighted by Crippen LogP contribution is 2.26. The number of H-pyrrole nitrogens is 1. The van der Waals surface area contributed by atoms with Crippen molar-refractivity contribution in [1.29, 1.82) is 0 Å². The van der Waals surface area contributed by atoms with Crippen LogP contribution in [-0.2, 0) is 4.74 Å². The normalized spacial score (nSPS) is 26.9. The third-order valence-corrected chi connectivity index (χ3v) is 5.44. The number of rotatable bonds is 3. The van der Waals surface area contributed by atoms with Crippen LogP contribution in [0.1, 0.15) is 12.6 Å². The van der Waals surface area contributed by atoms with Gasteiger partial charge < -0.3 is 14.9 Å². The number of aliphatic hydroxyl groups is 2. The number of nitrogens with zero attached hydrogens (tertiary/aromatic N) is 1. The summed E-state index contributed by atoms with van der Waals surface area (Å²) >= 11 is 0. The molecule has 0 aliphatic carbocycles. The molecule has 112 valence electrons. The van der Waals surface area contributed by atoms with Crippen LogP contribution in [0.15, 0.2) is 15.8 Å². The lowest BCUT2D eigenvalue weighted by atomic mass is 10.2. The lowest BCUT2D eigenvalue weighted by molar-refractivity contribution is -0.0458. The van der Waals surface area contributed by atoms with Gasteiger partial charge in [-0.2, -0.15) is 0 Å². The summed E-state index contributed by atoms with van der Waals surface area (Å²) < 4.78 is 6.75. The zero-order chi connectivity index (χ0) is 15.1. The summed E-state index contributed by atoms with van der Waals surface area (Å²) in [4.78, 5) is 26.1. The van der Waals surface area contributed by atoms with Crippen molar-refractivity contribution in [2.24, 2.45) is 0 Å². The molecule has 1 aromatic rings. The Kier molecular flexibility index (Phi) is 4.01. The van der Waals surface area contributed by atoms with Crippen molar-refractivity contribution in [3.05, 3.63) is 27.0 Å². The highest BCUT2D eigenvalue weighted by molar-refractivity contribution is 6.88. The molecule has 3 N–H and O–H groups in total. The zero-order valence-corrected chi connectivity index (χ0v) is 12.8. The number of aromatic nitrogens is 2. The predicted octanol–water partition coefficient (Wildman–Crippen LogP) is -1.28. The van der Waals surface area contributed by atoms with Crippen LogP contribution in [0.4, 0.5) is 0 Å². The first kappa shape index (κ1) is 15.2. The van der Waals surface area contributed by atoms with Gasteiger partial charge in [0.1, 0.15) is 12.3 Å². The maximum Gasteiger partial charge on any atom is 0.330 e. The van der Waals surface area contributed by atoms with Crippen molar-refractivity contribution in [2.75, 3.05) is 6.61 Å². The quantitative estimate of drug-likeness (QED) is 0.603. The Balaban J connectivity index is 2.43. The van der Waals surface area contributed by atoms with E-state index in [0.717, 1.165) is 0 Å². The Morgan fingerprint density at radius 3 is 2.60 bits per heavy atom. The van der Waals surface area contributed by atoms with Crippen molar-refractivity contribution in [2.45, 2.75) is 44.5 Å². The minimum absolute atomic E-state index is 0.211. The summed E-state index contributed by atoms with van der Waals surface area (Å²) in [7, 11) is -1.90. The maximum atomic E-state index is 11.9. The van der Waals surface area contributed by atoms with E-state index in [9.17, 15) is 14.7 Å². The van der Waals surface area contributed by atoms with Gasteiger partial charge in [0.25, 0.3) is 5.56 Å². The predicted molar refractivity (Wildman–Crippen MR) is 75.9 cm³/mol. The Hall–Kier alpha value is -1.22. The van der Waals surface area contributed by atoms with Gasteiger partial charge in [-0.25, -0.2) is 4.79 Å². The fraction of sp³-hybridized carbons (Fsp3) is 0.667. The molecule has 2 rings (SSSR count). The first-order valence-electron chi connectivity index (χ1n) is 6.54. The minimum atomic E-state index is -1.90. The van der Waals surface area contributed by atoms with E-state index in [-0.39, 0.29) is 18.6 Å². The van der Waals surface area contributed by atoms with Crippen LogP contribution in [0.5, 0.6) is 0 Å². The monoisotopic (exact) mass is 300 g/mol. The zero-order valence-electron chi connectivity index (χ0n) is 11.8. The number of nitrogens with one attached hydrogen (secondary N) is 1. The summed E-state index contributed by atoms with van der Waals surface area (Å²) in [5, 5.41) is 19.4. The summed E-state index contributed by atoms with van der Waals surface area (Å²) in [5.41, 5.74) is -0.921. The summed E-state index contributed by atoms with van der Waals surface area (Å²) in [6.45, 7) is 5.71. The van der Waals surface area contributed by atoms with Crippen LogP contribution >= 0.6 is 0 Å². The van der Waals surface area contributed by atoms with Gasteiger partial charge in [0, 0.05) is 17.8 Å². The molecule has 0 radical (unpaired) electrons. The summed E-state index contributed by atoms with van der Waals surface area (Å²) in [6, 6.07) is 0. The van der Waals surface area contributed by atoms with Gasteiger partial charge in [0.15, 0.2) is 0 Å². The van der Waals surface area contributed by atoms with E-state index < -0.39 is 32.2 Å². The smallest absolute Gasteiger partial charge is 0.330 e. The van der Waals surface area contributed by atoms with Gasteiger partial charge in [-0.3, -0.25) is 14.3 Å². The number of hydrogen-bond donors (Lipinski definition) is 3. The number of ether oxygens (including phenoxy) is 1. The standard InChI is InChI=1S/C12H20N2O5Si/c1-20(2,3)9-5-14(12(18)13-11(9)17)10-4-7(16)8(6-15)19-10/h5,7-8,10,15-16H,4,6H2,1-3H3,(H,13,17,18)/t7-,8-,10+/m1/s1. The molecule has 1 saturated heterocycles. The van der Waals surface area contributed by atoms with Crippen molar-refractivity contribution in [1.82, 2.24) is 9.55 Å². The topological polar surface area (TPSA) is 105 Å². The van der Waals surface area contributed by atoms with Crippen LogP contribution in [0.25, 0.3) is 0 Å². The molecule has 20 heavy (non-hydrogen) atoms. The first-order chi connectivity index (χ1) is 9.24. The number of aliphatic hydroxyl groups excluding tert-OH is 2. The average molecular weight is 300 g/mol. The van der Waals surface area contributed by atoms with E-state index in [0.29, 0.717) is 5.19 Å². The average Bonchev–Trinajstić information content (AvgIpc) is 2.68. The molecule has 0 saturated carbocycles. The highest BCUT2D eigenvalue weighted by atomic mass is 28.3. The Morgan fingerprint density at radius 1 is 1.45 bits per heavy atom. The largest absolute Gasteiger partial charge is 0.394 e. The van der Waals surface area contributed by atoms with Crippen molar-refractivity contribution >= 4 is 13.3 Å². The van der Waals surface area contributed by atoms with Crippen molar-refractivity contribution in [3.63, 3.8) is 0 Å². The fourth-order valence-electron chi connectivity index (χ4n) is 2.28. The molecule has 0 aromatic carbocycles. The molecule has 2 heterocycles. The first-order valence-corrected chi connectivity index (χ1v) is 10.0. The third-order valence-electron chi connectivity index (χ3n) is 3.47. The maximum absolute atomic E-state index is 11.9. The van der Waals surface area contributed by atoms with Crippen LogP contribution < -0.4 is 16.4 Å². The highest BCUT2D eigenvalue weighted by Gasteiger charge is 2.35. The van der Waals surface area contributed by atoms with E-state index in [1.165, 1.54) is 10.8 Å². The molecule has 1 aliphatic heterocycles. The van der Waals surface area contributed by atoms with E-state index in [1.807, 2.05) is 19.6 Å². The molecular formula is C12H20N2O5Si. The number of hydrogen-bond acceptors (Lipinski definition) is 5. The summed E-state index contributed by atoms with van der Waals surface area (Å²) in [6.07, 6.45) is -0.442. The van der Waals surface area contributed by atoms with E-state index >= 15 is 0 Å². The second kappa shape index (κ2) is 5.28. The van der Waals surface area contributed by atoms with E-state index in [4.69, 9.17) is 9.84 Å². The molecule has 8 heteroatoms. The van der Waals surface area contributed by atoms with Crippen molar-refractivity contribution in [3.8, 4) is 0 Å². The minimum Gasteiger partial charge on any atom is -0.394 e. The molecule has 7 nitrogen and oxygen atoms in total. The Bertz CT molecular complexity index is 603. The lowest BCUT2D eigenvalue weighted by Crippen LogP contribution is -2.52. The Labute approximate surface area is 116 Å². The van der Waals surface area contributed by atoms with Crippen LogP contribution in [0.3, 0.4) is 0 Å². The van der Waals surface area contributed by atoms with E-state index in [2.05, 4.69) is 4.98 Å². The van der Waals surface area contributed by atoms with Gasteiger partial charge in [0.2, 0.25) is 0 Å². The molecular weight excluding hydrogens is 280 g/mol. The molecule has 1 aromatic heterocycles. The lowest BCUT2D eigenvalue weighted by Gasteiger charge is -2.19. The molecule has 1 aliphatic rings. The van der Waals surface area contributed by atoms with Crippen molar-refractivity contribution < 1.29 is 14.9 Å². The molecule has 0 amide bonds. The van der Waals surface area contributed by atoms with Gasteiger partial charge >= 0.3 is 5.69 Å². The molecule has 0 bridgehead atoms. The third kappa shape index (κ3) is 2.78. The second-order valence-corrected chi connectivity index (χ2v) is 11.1. The van der Waals surface area contributed by atoms with E-state index in [1.54, 1.807) is 0 Å². The fourth-order valence-corrected chi connectivity index (χ4v) is 3.55. The van der Waals surface area contributed by atoms with Gasteiger partial charge in [-0.05, 0) is 0 Å². The van der Waals surface area contributed by atoms with Crippen LogP contribution in [0, 0.1) is 0 Å². The second-order valence-electron chi connectivity index (χ2n) is 6.07. The molecule has 0 unspecified atom stereocenters. The number of aromatic amines is 1. The van der Waals surface area contributed by atoms with Gasteiger partial charge in [0.05, 0.1) is 20.8 Å². The molecule has 3 atom stereocenters.